The minimum absolute atomic E-state index is 0.0280. The van der Waals surface area contributed by atoms with Gasteiger partial charge in [0.1, 0.15) is 0 Å². The number of sulfone groups is 1. The van der Waals surface area contributed by atoms with Gasteiger partial charge >= 0.3 is 5.97 Å². The van der Waals surface area contributed by atoms with Crippen molar-refractivity contribution < 1.29 is 32.5 Å². The topological polar surface area (TPSA) is 99.1 Å². The maximum Gasteiger partial charge on any atom is 0.321 e. The van der Waals surface area contributed by atoms with Gasteiger partial charge in [-0.25, -0.2) is 8.42 Å². The first-order valence-electron chi connectivity index (χ1n) is 6.04. The summed E-state index contributed by atoms with van der Waals surface area (Å²) >= 11 is 0. The van der Waals surface area contributed by atoms with E-state index in [4.69, 9.17) is 19.3 Å². The number of carbonyl (C=O) groups is 1. The van der Waals surface area contributed by atoms with Gasteiger partial charge in [-0.3, -0.25) is 4.79 Å². The first-order chi connectivity index (χ1) is 8.95. The van der Waals surface area contributed by atoms with E-state index in [1.807, 2.05) is 0 Å². The van der Waals surface area contributed by atoms with Gasteiger partial charge in [-0.2, -0.15) is 0 Å². The van der Waals surface area contributed by atoms with E-state index >= 15 is 0 Å². The summed E-state index contributed by atoms with van der Waals surface area (Å²) in [7, 11) is -2.09. The van der Waals surface area contributed by atoms with Crippen LogP contribution in [-0.4, -0.2) is 70.6 Å². The monoisotopic (exact) mass is 298 g/mol. The fraction of sp³-hybridized carbons (Fsp3) is 0.909. The van der Waals surface area contributed by atoms with Crippen molar-refractivity contribution in [3.8, 4) is 0 Å². The van der Waals surface area contributed by atoms with Crippen molar-refractivity contribution in [3.63, 3.8) is 0 Å². The second-order valence-corrected chi connectivity index (χ2v) is 6.12. The van der Waals surface area contributed by atoms with Crippen molar-refractivity contribution in [3.05, 3.63) is 0 Å². The fourth-order valence-electron chi connectivity index (χ4n) is 1.36. The Hall–Kier alpha value is -0.700. The Morgan fingerprint density at radius 2 is 1.63 bits per heavy atom. The molecule has 0 saturated carbocycles. The number of carboxylic acids is 1. The standard InChI is InChI=1S/C11H22O7S/c1-3-10(11(12)13)19(14,15)9-8-18-7-6-17-5-4-16-2/h10H,3-9H2,1-2H3,(H,12,13). The average Bonchev–Trinajstić information content (AvgIpc) is 2.32. The van der Waals surface area contributed by atoms with Crippen LogP contribution in [-0.2, 0) is 28.8 Å². The highest BCUT2D eigenvalue weighted by Gasteiger charge is 2.30. The first kappa shape index (κ1) is 18.3. The highest BCUT2D eigenvalue weighted by molar-refractivity contribution is 7.92. The second-order valence-electron chi connectivity index (χ2n) is 3.82. The number of carboxylic acid groups (broad SMARTS) is 1. The summed E-state index contributed by atoms with van der Waals surface area (Å²) in [6, 6.07) is 0. The molecule has 0 spiro atoms. The van der Waals surface area contributed by atoms with E-state index in [1.54, 1.807) is 7.11 Å². The summed E-state index contributed by atoms with van der Waals surface area (Å²) in [6.45, 7) is 3.06. The summed E-state index contributed by atoms with van der Waals surface area (Å²) < 4.78 is 38.3. The predicted octanol–water partition coefficient (Wildman–Crippen LogP) is -0.0560. The molecule has 0 heterocycles. The second kappa shape index (κ2) is 10.1. The van der Waals surface area contributed by atoms with Gasteiger partial charge < -0.3 is 19.3 Å². The molecule has 0 aliphatic carbocycles. The molecule has 0 bridgehead atoms. The van der Waals surface area contributed by atoms with Gasteiger partial charge in [0.25, 0.3) is 0 Å². The van der Waals surface area contributed by atoms with Gasteiger partial charge in [0, 0.05) is 7.11 Å². The molecule has 0 aliphatic rings. The first-order valence-corrected chi connectivity index (χ1v) is 7.76. The molecule has 19 heavy (non-hydrogen) atoms. The Labute approximate surface area is 113 Å². The zero-order valence-corrected chi connectivity index (χ0v) is 12.1. The Kier molecular flexibility index (Phi) is 9.76. The number of rotatable bonds is 12. The van der Waals surface area contributed by atoms with Crippen LogP contribution in [0.3, 0.4) is 0 Å². The summed E-state index contributed by atoms with van der Waals surface area (Å²) in [6.07, 6.45) is 0.0534. The lowest BCUT2D eigenvalue weighted by Gasteiger charge is -2.11. The van der Waals surface area contributed by atoms with E-state index in [0.717, 1.165) is 0 Å². The van der Waals surface area contributed by atoms with Gasteiger partial charge in [-0.15, -0.1) is 0 Å². The molecule has 0 fully saturated rings. The van der Waals surface area contributed by atoms with Crippen LogP contribution >= 0.6 is 0 Å². The van der Waals surface area contributed by atoms with Crippen molar-refractivity contribution in [1.82, 2.24) is 0 Å². The van der Waals surface area contributed by atoms with Crippen molar-refractivity contribution >= 4 is 15.8 Å². The Balaban J connectivity index is 3.78. The molecule has 1 unspecified atom stereocenters. The van der Waals surface area contributed by atoms with Crippen molar-refractivity contribution in [1.29, 1.82) is 0 Å². The molecule has 114 valence electrons. The summed E-state index contributed by atoms with van der Waals surface area (Å²) in [5.41, 5.74) is 0. The van der Waals surface area contributed by atoms with Gasteiger partial charge in [0.2, 0.25) is 0 Å². The molecule has 0 aromatic rings. The SMILES string of the molecule is CCC(C(=O)O)S(=O)(=O)CCOCCOCCOC. The lowest BCUT2D eigenvalue weighted by atomic mass is 10.3. The lowest BCUT2D eigenvalue weighted by molar-refractivity contribution is -0.136. The van der Waals surface area contributed by atoms with Gasteiger partial charge in [-0.1, -0.05) is 6.92 Å². The highest BCUT2D eigenvalue weighted by atomic mass is 32.2. The summed E-state index contributed by atoms with van der Waals surface area (Å²) in [5, 5.41) is 7.43. The maximum absolute atomic E-state index is 11.7. The van der Waals surface area contributed by atoms with Crippen molar-refractivity contribution in [2.45, 2.75) is 18.6 Å². The third-order valence-electron chi connectivity index (χ3n) is 2.40. The van der Waals surface area contributed by atoms with Gasteiger partial charge in [0.15, 0.2) is 15.1 Å². The molecule has 1 atom stereocenters. The van der Waals surface area contributed by atoms with Crippen LogP contribution < -0.4 is 0 Å². The van der Waals surface area contributed by atoms with E-state index in [0.29, 0.717) is 19.8 Å². The van der Waals surface area contributed by atoms with Crippen molar-refractivity contribution in [2.24, 2.45) is 0 Å². The van der Waals surface area contributed by atoms with E-state index < -0.39 is 21.1 Å². The van der Waals surface area contributed by atoms with Crippen LogP contribution in [0.15, 0.2) is 0 Å². The Morgan fingerprint density at radius 3 is 2.11 bits per heavy atom. The molecule has 0 aliphatic heterocycles. The molecule has 0 aromatic carbocycles. The third-order valence-corrected chi connectivity index (χ3v) is 4.53. The molecule has 0 amide bonds. The van der Waals surface area contributed by atoms with Crippen molar-refractivity contribution in [2.75, 3.05) is 45.9 Å². The van der Waals surface area contributed by atoms with E-state index in [2.05, 4.69) is 0 Å². The molecule has 8 heteroatoms. The molecular formula is C11H22O7S. The van der Waals surface area contributed by atoms with Gasteiger partial charge in [0.05, 0.1) is 38.8 Å². The minimum Gasteiger partial charge on any atom is -0.480 e. The summed E-state index contributed by atoms with van der Waals surface area (Å²) in [4.78, 5) is 10.8. The van der Waals surface area contributed by atoms with Crippen LogP contribution in [0.1, 0.15) is 13.3 Å². The number of aliphatic carboxylic acids is 1. The molecular weight excluding hydrogens is 276 g/mol. The molecule has 0 radical (unpaired) electrons. The predicted molar refractivity (Wildman–Crippen MR) is 69.0 cm³/mol. The van der Waals surface area contributed by atoms with Crippen LogP contribution in [0.5, 0.6) is 0 Å². The molecule has 0 saturated heterocycles. The van der Waals surface area contributed by atoms with Crippen LogP contribution in [0, 0.1) is 0 Å². The summed E-state index contributed by atoms with van der Waals surface area (Å²) in [5.74, 6) is -1.61. The molecule has 0 aromatic heterocycles. The van der Waals surface area contributed by atoms with Crippen LogP contribution in [0.2, 0.25) is 0 Å². The van der Waals surface area contributed by atoms with Crippen LogP contribution in [0.4, 0.5) is 0 Å². The molecule has 1 N–H and O–H groups in total. The third kappa shape index (κ3) is 8.14. The minimum atomic E-state index is -3.66. The quantitative estimate of drug-likeness (QED) is 0.504. The zero-order chi connectivity index (χ0) is 14.7. The molecule has 0 rings (SSSR count). The Bertz CT molecular complexity index is 339. The van der Waals surface area contributed by atoms with E-state index in [1.165, 1.54) is 6.92 Å². The van der Waals surface area contributed by atoms with E-state index in [-0.39, 0.29) is 25.4 Å². The maximum atomic E-state index is 11.7. The number of methoxy groups -OCH3 is 1. The Morgan fingerprint density at radius 1 is 1.11 bits per heavy atom. The number of ether oxygens (including phenoxy) is 3. The normalized spacial score (nSPS) is 13.4. The van der Waals surface area contributed by atoms with Gasteiger partial charge in [-0.05, 0) is 6.42 Å². The fourth-order valence-corrected chi connectivity index (χ4v) is 2.81. The van der Waals surface area contributed by atoms with E-state index in [9.17, 15) is 13.2 Å². The lowest BCUT2D eigenvalue weighted by Crippen LogP contribution is -2.32. The number of hydrogen-bond acceptors (Lipinski definition) is 6. The average molecular weight is 298 g/mol. The highest BCUT2D eigenvalue weighted by Crippen LogP contribution is 2.07. The largest absolute Gasteiger partial charge is 0.480 e. The number of hydrogen-bond donors (Lipinski definition) is 1. The molecule has 7 nitrogen and oxygen atoms in total. The smallest absolute Gasteiger partial charge is 0.321 e. The van der Waals surface area contributed by atoms with Crippen LogP contribution in [0.25, 0.3) is 0 Å². The zero-order valence-electron chi connectivity index (χ0n) is 11.3.